The molecule has 0 atom stereocenters. The minimum Gasteiger partial charge on any atom is -0.466 e. The molecule has 2 heterocycles. The zero-order chi connectivity index (χ0) is 26.3. The van der Waals surface area contributed by atoms with E-state index < -0.39 is 0 Å². The van der Waals surface area contributed by atoms with E-state index in [1.165, 1.54) is 6.92 Å². The number of hydrogen-bond donors (Lipinski definition) is 1. The van der Waals surface area contributed by atoms with Crippen LogP contribution < -0.4 is 5.73 Å². The molecule has 7 nitrogen and oxygen atoms in total. The van der Waals surface area contributed by atoms with E-state index in [1.54, 1.807) is 19.3 Å². The molecule has 2 N–H and O–H groups in total. The predicted octanol–water partition coefficient (Wildman–Crippen LogP) is 5.55. The summed E-state index contributed by atoms with van der Waals surface area (Å²) in [5, 5.41) is 6.30. The molecule has 0 bridgehead atoms. The Morgan fingerprint density at radius 1 is 0.972 bits per heavy atom. The highest BCUT2D eigenvalue weighted by Gasteiger charge is 2.10. The lowest BCUT2D eigenvalue weighted by Gasteiger charge is -2.06. The molecular formula is C27H26N4O3S2. The van der Waals surface area contributed by atoms with E-state index >= 15 is 0 Å². The SMILES string of the molecule is CC(=O)N=C=S.CCOC(=O)CC(=S)Cc1nccc2ccccc12.Nc1nccc2ccccc12. The van der Waals surface area contributed by atoms with E-state index in [9.17, 15) is 9.59 Å². The monoisotopic (exact) mass is 518 g/mol. The summed E-state index contributed by atoms with van der Waals surface area (Å²) in [7, 11) is 0. The highest BCUT2D eigenvalue weighted by molar-refractivity contribution is 7.80. The van der Waals surface area contributed by atoms with Crippen LogP contribution in [0.1, 0.15) is 26.0 Å². The number of fused-ring (bicyclic) bond motifs is 2. The fraction of sp³-hybridized carbons (Fsp3) is 0.185. The number of aliphatic imine (C=N–C) groups is 1. The molecule has 184 valence electrons. The van der Waals surface area contributed by atoms with E-state index in [0.717, 1.165) is 27.2 Å². The molecule has 2 aromatic heterocycles. The summed E-state index contributed by atoms with van der Waals surface area (Å²) in [6, 6.07) is 19.9. The van der Waals surface area contributed by atoms with Crippen LogP contribution in [0, 0.1) is 0 Å². The average molecular weight is 519 g/mol. The molecule has 0 saturated heterocycles. The molecule has 0 spiro atoms. The van der Waals surface area contributed by atoms with E-state index in [0.29, 0.717) is 23.7 Å². The Bertz CT molecular complexity index is 1390. The summed E-state index contributed by atoms with van der Waals surface area (Å²) >= 11 is 9.34. The number of rotatable bonds is 5. The first-order valence-corrected chi connectivity index (χ1v) is 11.8. The van der Waals surface area contributed by atoms with Crippen molar-refractivity contribution < 1.29 is 14.3 Å². The number of esters is 1. The first kappa shape index (κ1) is 28.3. The largest absolute Gasteiger partial charge is 0.466 e. The average Bonchev–Trinajstić information content (AvgIpc) is 2.85. The predicted molar refractivity (Wildman–Crippen MR) is 151 cm³/mol. The minimum absolute atomic E-state index is 0.175. The molecular weight excluding hydrogens is 492 g/mol. The van der Waals surface area contributed by atoms with Crippen LogP contribution in [0.15, 0.2) is 78.0 Å². The molecule has 0 unspecified atom stereocenters. The van der Waals surface area contributed by atoms with Crippen LogP contribution in [-0.2, 0) is 20.7 Å². The van der Waals surface area contributed by atoms with Crippen LogP contribution in [0.4, 0.5) is 5.82 Å². The number of anilines is 1. The highest BCUT2D eigenvalue weighted by atomic mass is 32.1. The normalized spacial score (nSPS) is 9.61. The number of carbonyl (C=O) groups is 2. The lowest BCUT2D eigenvalue weighted by Crippen LogP contribution is -2.12. The van der Waals surface area contributed by atoms with Crippen molar-refractivity contribution in [1.29, 1.82) is 0 Å². The number of nitrogens with zero attached hydrogens (tertiary/aromatic N) is 3. The number of thiocarbonyl (C=S) groups is 2. The molecule has 36 heavy (non-hydrogen) atoms. The van der Waals surface area contributed by atoms with Crippen LogP contribution >= 0.6 is 24.4 Å². The number of nitrogen functional groups attached to an aromatic ring is 1. The van der Waals surface area contributed by atoms with Gasteiger partial charge in [-0.2, -0.15) is 4.99 Å². The van der Waals surface area contributed by atoms with Crippen molar-refractivity contribution >= 4 is 73.7 Å². The lowest BCUT2D eigenvalue weighted by atomic mass is 10.1. The summed E-state index contributed by atoms with van der Waals surface area (Å²) in [4.78, 5) is 33.2. The summed E-state index contributed by atoms with van der Waals surface area (Å²) in [6.07, 6.45) is 4.19. The summed E-state index contributed by atoms with van der Waals surface area (Å²) in [5.74, 6) is 0.0286. The number of amides is 1. The Labute approximate surface area is 220 Å². The molecule has 0 aliphatic carbocycles. The van der Waals surface area contributed by atoms with Gasteiger partial charge in [0.1, 0.15) is 5.82 Å². The van der Waals surface area contributed by atoms with Gasteiger partial charge in [0.15, 0.2) is 0 Å². The smallest absolute Gasteiger partial charge is 0.310 e. The second-order valence-electron chi connectivity index (χ2n) is 7.32. The molecule has 1 amide bonds. The van der Waals surface area contributed by atoms with Gasteiger partial charge in [-0.3, -0.25) is 14.6 Å². The highest BCUT2D eigenvalue weighted by Crippen LogP contribution is 2.18. The van der Waals surface area contributed by atoms with Crippen molar-refractivity contribution in [2.45, 2.75) is 26.7 Å². The summed E-state index contributed by atoms with van der Waals surface area (Å²) in [5.41, 5.74) is 6.55. The molecule has 0 radical (unpaired) electrons. The molecule has 2 aromatic carbocycles. The fourth-order valence-corrected chi connectivity index (χ4v) is 3.54. The summed E-state index contributed by atoms with van der Waals surface area (Å²) in [6.45, 7) is 3.49. The molecule has 0 aliphatic heterocycles. The molecule has 0 fully saturated rings. The Morgan fingerprint density at radius 3 is 2.11 bits per heavy atom. The van der Waals surface area contributed by atoms with E-state index in [4.69, 9.17) is 22.7 Å². The van der Waals surface area contributed by atoms with Gasteiger partial charge in [0.05, 0.1) is 23.9 Å². The minimum atomic E-state index is -0.301. The zero-order valence-electron chi connectivity index (χ0n) is 20.0. The topological polar surface area (TPSA) is 108 Å². The Kier molecular flexibility index (Phi) is 11.9. The van der Waals surface area contributed by atoms with Gasteiger partial charge in [-0.25, -0.2) is 4.98 Å². The van der Waals surface area contributed by atoms with Crippen LogP contribution in [0.5, 0.6) is 0 Å². The van der Waals surface area contributed by atoms with Gasteiger partial charge in [-0.05, 0) is 42.0 Å². The van der Waals surface area contributed by atoms with Crippen molar-refractivity contribution in [1.82, 2.24) is 9.97 Å². The van der Waals surface area contributed by atoms with Crippen LogP contribution in [0.3, 0.4) is 0 Å². The molecule has 9 heteroatoms. The number of pyridine rings is 2. The molecule has 0 saturated carbocycles. The molecule has 0 aliphatic rings. The number of isothiocyanates is 1. The number of hydrogen-bond acceptors (Lipinski definition) is 8. The lowest BCUT2D eigenvalue weighted by molar-refractivity contribution is -0.141. The van der Waals surface area contributed by atoms with E-state index in [1.807, 2.05) is 65.8 Å². The Hall–Kier alpha value is -3.91. The van der Waals surface area contributed by atoms with Gasteiger partial charge in [0, 0.05) is 41.4 Å². The van der Waals surface area contributed by atoms with Gasteiger partial charge in [0.2, 0.25) is 0 Å². The molecule has 4 aromatic rings. The number of carbonyl (C=O) groups excluding carboxylic acids is 2. The van der Waals surface area contributed by atoms with Gasteiger partial charge in [0.25, 0.3) is 5.91 Å². The van der Waals surface area contributed by atoms with Crippen molar-refractivity contribution in [2.75, 3.05) is 12.3 Å². The van der Waals surface area contributed by atoms with E-state index in [-0.39, 0.29) is 18.3 Å². The van der Waals surface area contributed by atoms with Crippen molar-refractivity contribution in [3.63, 3.8) is 0 Å². The van der Waals surface area contributed by atoms with Crippen LogP contribution in [-0.4, -0.2) is 38.5 Å². The standard InChI is InChI=1S/C15H15NO2S.C9H8N2.C3H3NOS/c1-2-18-15(17)10-12(19)9-14-13-6-4-3-5-11(13)7-8-16-14;10-9-8-4-2-1-3-7(8)5-6-11-9;1-3(5)4-2-6/h3-8H,2,9-10H2,1H3;1-6H,(H2,10,11);1H3. The third-order valence-electron chi connectivity index (χ3n) is 4.68. The van der Waals surface area contributed by atoms with Crippen molar-refractivity contribution in [2.24, 2.45) is 4.99 Å². The van der Waals surface area contributed by atoms with Gasteiger partial charge < -0.3 is 10.5 Å². The van der Waals surface area contributed by atoms with Gasteiger partial charge in [-0.15, -0.1) is 0 Å². The number of nitrogens with two attached hydrogens (primary N) is 1. The second-order valence-corrected chi connectivity index (χ2v) is 8.08. The van der Waals surface area contributed by atoms with Crippen LogP contribution in [0.25, 0.3) is 21.5 Å². The van der Waals surface area contributed by atoms with E-state index in [2.05, 4.69) is 27.2 Å². The number of aromatic nitrogens is 2. The number of ether oxygens (including phenoxy) is 1. The Morgan fingerprint density at radius 2 is 1.56 bits per heavy atom. The second kappa shape index (κ2) is 15.2. The maximum absolute atomic E-state index is 11.4. The Balaban J connectivity index is 0.000000225. The van der Waals surface area contributed by atoms with Gasteiger partial charge in [-0.1, -0.05) is 60.7 Å². The zero-order valence-corrected chi connectivity index (χ0v) is 21.6. The van der Waals surface area contributed by atoms with Crippen LogP contribution in [0.2, 0.25) is 0 Å². The third-order valence-corrected chi connectivity index (χ3v) is 5.06. The first-order chi connectivity index (χ1) is 17.3. The fourth-order valence-electron chi connectivity index (χ4n) is 3.15. The number of benzene rings is 2. The third kappa shape index (κ3) is 9.38. The maximum Gasteiger partial charge on any atom is 0.310 e. The van der Waals surface area contributed by atoms with Crippen molar-refractivity contribution in [3.05, 3.63) is 78.8 Å². The summed E-state index contributed by atoms with van der Waals surface area (Å²) < 4.78 is 4.89. The maximum atomic E-state index is 11.4. The van der Waals surface area contributed by atoms with Gasteiger partial charge >= 0.3 is 5.97 Å². The quantitative estimate of drug-likeness (QED) is 0.208. The molecule has 4 rings (SSSR count). The van der Waals surface area contributed by atoms with Crippen molar-refractivity contribution in [3.8, 4) is 0 Å². The first-order valence-electron chi connectivity index (χ1n) is 11.0.